The lowest BCUT2D eigenvalue weighted by Gasteiger charge is -2.22. The van der Waals surface area contributed by atoms with Gasteiger partial charge in [-0.1, -0.05) is 190 Å². The first kappa shape index (κ1) is 34.8. The number of rotatable bonds is 6. The fraction of sp³-hybridized carbons (Fsp3) is 0.0526. The smallest absolute Gasteiger partial charge is 0.160 e. The minimum absolute atomic E-state index is 0.0987. The lowest BCUT2D eigenvalue weighted by molar-refractivity contribution is 0.661. The van der Waals surface area contributed by atoms with Gasteiger partial charge < -0.3 is 0 Å². The van der Waals surface area contributed by atoms with Crippen molar-refractivity contribution in [2.45, 2.75) is 19.3 Å². The summed E-state index contributed by atoms with van der Waals surface area (Å²) in [5.74, 6) is 0.701. The molecule has 0 saturated carbocycles. The quantitative estimate of drug-likeness (QED) is 0.169. The summed E-state index contributed by atoms with van der Waals surface area (Å²) in [5.41, 5.74) is 17.4. The Labute approximate surface area is 345 Å². The Bertz CT molecular complexity index is 3100. The number of hydrogen-bond acceptors (Lipinski definition) is 2. The van der Waals surface area contributed by atoms with Gasteiger partial charge in [0.2, 0.25) is 0 Å². The van der Waals surface area contributed by atoms with Crippen molar-refractivity contribution < 1.29 is 0 Å². The Balaban J connectivity index is 1.02. The first-order valence-corrected chi connectivity index (χ1v) is 20.4. The SMILES string of the molecule is CC1(C)c2cc3ccccc3cc2-c2c(-c3ccc4ccc(-c5nc(-c6ccc(-c7ccccc7)cc6)cc(-c6ccc(-c7ccccc7)cc6)n5)cc4c3)cccc21. The highest BCUT2D eigenvalue weighted by molar-refractivity contribution is 6.00. The molecule has 0 bridgehead atoms. The molecule has 0 amide bonds. The largest absolute Gasteiger partial charge is 0.228 e. The predicted molar refractivity (Wildman–Crippen MR) is 247 cm³/mol. The molecule has 0 saturated heterocycles. The van der Waals surface area contributed by atoms with Crippen molar-refractivity contribution in [3.8, 4) is 78.4 Å². The second-order valence-corrected chi connectivity index (χ2v) is 16.2. The van der Waals surface area contributed by atoms with E-state index in [-0.39, 0.29) is 5.41 Å². The minimum atomic E-state index is -0.0987. The summed E-state index contributed by atoms with van der Waals surface area (Å²) >= 11 is 0. The van der Waals surface area contributed by atoms with E-state index in [2.05, 4.69) is 220 Å². The molecule has 1 aliphatic carbocycles. The van der Waals surface area contributed by atoms with Crippen LogP contribution in [0.4, 0.5) is 0 Å². The van der Waals surface area contributed by atoms with Gasteiger partial charge in [-0.15, -0.1) is 0 Å². The molecule has 1 aromatic heterocycles. The van der Waals surface area contributed by atoms with Gasteiger partial charge in [-0.2, -0.15) is 0 Å². The summed E-state index contributed by atoms with van der Waals surface area (Å²) in [6.45, 7) is 4.72. The van der Waals surface area contributed by atoms with Crippen molar-refractivity contribution in [3.63, 3.8) is 0 Å². The van der Waals surface area contributed by atoms with Crippen LogP contribution in [-0.2, 0) is 5.41 Å². The molecule has 2 heteroatoms. The summed E-state index contributed by atoms with van der Waals surface area (Å²) in [6.07, 6.45) is 0. The molecular weight excluding hydrogens is 713 g/mol. The molecule has 0 unspecified atom stereocenters. The first-order chi connectivity index (χ1) is 29.0. The van der Waals surface area contributed by atoms with E-state index in [1.807, 2.05) is 0 Å². The van der Waals surface area contributed by atoms with E-state index >= 15 is 0 Å². The zero-order chi connectivity index (χ0) is 39.5. The molecule has 0 atom stereocenters. The Morgan fingerprint density at radius 3 is 1.41 bits per heavy atom. The molecule has 1 heterocycles. The summed E-state index contributed by atoms with van der Waals surface area (Å²) in [4.78, 5) is 10.5. The van der Waals surface area contributed by atoms with Gasteiger partial charge in [0.15, 0.2) is 5.82 Å². The Morgan fingerprint density at radius 1 is 0.305 bits per heavy atom. The summed E-state index contributed by atoms with van der Waals surface area (Å²) in [7, 11) is 0. The fourth-order valence-corrected chi connectivity index (χ4v) is 9.07. The van der Waals surface area contributed by atoms with Gasteiger partial charge in [-0.3, -0.25) is 0 Å². The second-order valence-electron chi connectivity index (χ2n) is 16.2. The van der Waals surface area contributed by atoms with Gasteiger partial charge >= 0.3 is 0 Å². The third-order valence-electron chi connectivity index (χ3n) is 12.3. The van der Waals surface area contributed by atoms with Crippen LogP contribution in [0.1, 0.15) is 25.0 Å². The van der Waals surface area contributed by atoms with Crippen LogP contribution in [0.15, 0.2) is 206 Å². The Kier molecular flexibility index (Phi) is 8.20. The third kappa shape index (κ3) is 6.13. The molecule has 0 N–H and O–H groups in total. The van der Waals surface area contributed by atoms with Crippen LogP contribution in [0.3, 0.4) is 0 Å². The van der Waals surface area contributed by atoms with Gasteiger partial charge in [0.1, 0.15) is 0 Å². The standard InChI is InChI=1S/C57H40N2/c1-57(2)51-19-11-18-49(55(51)50-34-44-16-9-10-17-45(44)35-52(50)57)46-30-24-41-25-31-47(33-48(41)32-46)56-58-53(42-26-20-39(21-27-42)37-12-5-3-6-13-37)36-54(59-56)43-28-22-40(23-29-43)38-14-7-4-8-15-38/h3-36H,1-2H3. The molecule has 59 heavy (non-hydrogen) atoms. The highest BCUT2D eigenvalue weighted by atomic mass is 14.9. The van der Waals surface area contributed by atoms with Crippen molar-refractivity contribution in [1.82, 2.24) is 9.97 Å². The van der Waals surface area contributed by atoms with Crippen molar-refractivity contribution in [1.29, 1.82) is 0 Å². The number of nitrogens with zero attached hydrogens (tertiary/aromatic N) is 2. The van der Waals surface area contributed by atoms with E-state index < -0.39 is 0 Å². The van der Waals surface area contributed by atoms with Gasteiger partial charge in [-0.05, 0) is 108 Å². The van der Waals surface area contributed by atoms with E-state index in [0.717, 1.165) is 33.5 Å². The van der Waals surface area contributed by atoms with Gasteiger partial charge in [-0.25, -0.2) is 9.97 Å². The molecule has 1 aliphatic rings. The molecule has 0 spiro atoms. The van der Waals surface area contributed by atoms with Crippen LogP contribution in [0.2, 0.25) is 0 Å². The molecule has 0 aliphatic heterocycles. The van der Waals surface area contributed by atoms with Crippen molar-refractivity contribution in [3.05, 3.63) is 217 Å². The first-order valence-electron chi connectivity index (χ1n) is 20.4. The second kappa shape index (κ2) is 13.9. The normalized spacial score (nSPS) is 12.7. The van der Waals surface area contributed by atoms with Crippen molar-refractivity contribution in [2.24, 2.45) is 0 Å². The van der Waals surface area contributed by atoms with E-state index in [4.69, 9.17) is 9.97 Å². The summed E-state index contributed by atoms with van der Waals surface area (Å²) < 4.78 is 0. The van der Waals surface area contributed by atoms with Crippen LogP contribution < -0.4 is 0 Å². The Hall–Kier alpha value is -7.42. The highest BCUT2D eigenvalue weighted by Gasteiger charge is 2.37. The number of aromatic nitrogens is 2. The molecule has 9 aromatic carbocycles. The molecule has 278 valence electrons. The van der Waals surface area contributed by atoms with Crippen LogP contribution in [0.25, 0.3) is 100.0 Å². The van der Waals surface area contributed by atoms with Gasteiger partial charge in [0.05, 0.1) is 11.4 Å². The minimum Gasteiger partial charge on any atom is -0.228 e. The monoisotopic (exact) mass is 752 g/mol. The number of hydrogen-bond donors (Lipinski definition) is 0. The molecule has 2 nitrogen and oxygen atoms in total. The average molecular weight is 753 g/mol. The van der Waals surface area contributed by atoms with Crippen LogP contribution in [0.5, 0.6) is 0 Å². The van der Waals surface area contributed by atoms with E-state index in [1.54, 1.807) is 0 Å². The maximum atomic E-state index is 5.26. The van der Waals surface area contributed by atoms with Crippen LogP contribution in [-0.4, -0.2) is 9.97 Å². The van der Waals surface area contributed by atoms with Crippen LogP contribution in [0, 0.1) is 0 Å². The van der Waals surface area contributed by atoms with E-state index in [9.17, 15) is 0 Å². The van der Waals surface area contributed by atoms with E-state index in [1.165, 1.54) is 71.8 Å². The molecular formula is C57H40N2. The highest BCUT2D eigenvalue weighted by Crippen LogP contribution is 2.53. The lowest BCUT2D eigenvalue weighted by Crippen LogP contribution is -2.14. The predicted octanol–water partition coefficient (Wildman–Crippen LogP) is 15.1. The van der Waals surface area contributed by atoms with Crippen molar-refractivity contribution >= 4 is 21.5 Å². The fourth-order valence-electron chi connectivity index (χ4n) is 9.07. The Morgan fingerprint density at radius 2 is 0.797 bits per heavy atom. The van der Waals surface area contributed by atoms with Gasteiger partial charge in [0.25, 0.3) is 0 Å². The molecule has 11 rings (SSSR count). The average Bonchev–Trinajstić information content (AvgIpc) is 3.53. The topological polar surface area (TPSA) is 25.8 Å². The van der Waals surface area contributed by atoms with Gasteiger partial charge in [0, 0.05) is 22.1 Å². The zero-order valence-corrected chi connectivity index (χ0v) is 33.0. The van der Waals surface area contributed by atoms with E-state index in [0.29, 0.717) is 5.82 Å². The molecule has 0 fully saturated rings. The number of benzene rings is 9. The third-order valence-corrected chi connectivity index (χ3v) is 12.3. The maximum Gasteiger partial charge on any atom is 0.160 e. The summed E-state index contributed by atoms with van der Waals surface area (Å²) in [6, 6.07) is 74.4. The van der Waals surface area contributed by atoms with Crippen LogP contribution >= 0.6 is 0 Å². The summed E-state index contributed by atoms with van der Waals surface area (Å²) in [5, 5.41) is 4.90. The maximum absolute atomic E-state index is 5.26. The zero-order valence-electron chi connectivity index (χ0n) is 33.0. The molecule has 0 radical (unpaired) electrons. The number of fused-ring (bicyclic) bond motifs is 5. The lowest BCUT2D eigenvalue weighted by atomic mass is 9.81. The van der Waals surface area contributed by atoms with Crippen molar-refractivity contribution in [2.75, 3.05) is 0 Å². The molecule has 10 aromatic rings.